The van der Waals surface area contributed by atoms with Gasteiger partial charge >= 0.3 is 6.09 Å². The summed E-state index contributed by atoms with van der Waals surface area (Å²) in [6.45, 7) is 8.60. The van der Waals surface area contributed by atoms with Gasteiger partial charge in [0.25, 0.3) is 0 Å². The SMILES string of the molecule is COCc1cccc(NC(C)CNC(=O)OC(C)(C)C)c1. The number of nitrogens with one attached hydrogen (secondary N) is 2. The van der Waals surface area contributed by atoms with Gasteiger partial charge in [-0.1, -0.05) is 12.1 Å². The highest BCUT2D eigenvalue weighted by atomic mass is 16.6. The minimum Gasteiger partial charge on any atom is -0.444 e. The Morgan fingerprint density at radius 1 is 1.33 bits per heavy atom. The lowest BCUT2D eigenvalue weighted by Gasteiger charge is -2.21. The number of amides is 1. The second-order valence-electron chi connectivity index (χ2n) is 6.06. The van der Waals surface area contributed by atoms with Crippen LogP contribution in [0.1, 0.15) is 33.3 Å². The molecular formula is C16H26N2O3. The zero-order valence-electron chi connectivity index (χ0n) is 13.5. The van der Waals surface area contributed by atoms with Crippen molar-refractivity contribution >= 4 is 11.8 Å². The highest BCUT2D eigenvalue weighted by Gasteiger charge is 2.16. The first-order valence-corrected chi connectivity index (χ1v) is 7.11. The van der Waals surface area contributed by atoms with Crippen LogP contribution in [0.2, 0.25) is 0 Å². The Kier molecular flexibility index (Phi) is 6.49. The molecule has 1 aromatic carbocycles. The molecule has 0 spiro atoms. The van der Waals surface area contributed by atoms with Crippen molar-refractivity contribution in [2.45, 2.75) is 45.9 Å². The smallest absolute Gasteiger partial charge is 0.407 e. The molecule has 0 bridgehead atoms. The van der Waals surface area contributed by atoms with Crippen LogP contribution >= 0.6 is 0 Å². The molecule has 1 amide bonds. The second-order valence-corrected chi connectivity index (χ2v) is 6.06. The van der Waals surface area contributed by atoms with Gasteiger partial charge in [0, 0.05) is 25.4 Å². The zero-order chi connectivity index (χ0) is 15.9. The van der Waals surface area contributed by atoms with Crippen LogP contribution in [-0.2, 0) is 16.1 Å². The van der Waals surface area contributed by atoms with Gasteiger partial charge in [0.1, 0.15) is 5.60 Å². The molecule has 0 fully saturated rings. The van der Waals surface area contributed by atoms with Crippen molar-refractivity contribution in [1.82, 2.24) is 5.32 Å². The minimum atomic E-state index is -0.477. The number of rotatable bonds is 6. The Bertz CT molecular complexity index is 455. The maximum Gasteiger partial charge on any atom is 0.407 e. The lowest BCUT2D eigenvalue weighted by molar-refractivity contribution is 0.0526. The number of hydrogen-bond acceptors (Lipinski definition) is 4. The molecule has 118 valence electrons. The lowest BCUT2D eigenvalue weighted by atomic mass is 10.2. The maximum atomic E-state index is 11.6. The molecule has 1 unspecified atom stereocenters. The third-order valence-electron chi connectivity index (χ3n) is 2.60. The van der Waals surface area contributed by atoms with E-state index in [1.807, 2.05) is 52.0 Å². The highest BCUT2D eigenvalue weighted by Crippen LogP contribution is 2.12. The average molecular weight is 294 g/mol. The van der Waals surface area contributed by atoms with E-state index in [1.165, 1.54) is 0 Å². The fourth-order valence-corrected chi connectivity index (χ4v) is 1.80. The largest absolute Gasteiger partial charge is 0.444 e. The summed E-state index contributed by atoms with van der Waals surface area (Å²) in [5, 5.41) is 6.08. The molecule has 0 saturated carbocycles. The third kappa shape index (κ3) is 7.56. The van der Waals surface area contributed by atoms with Crippen molar-refractivity contribution < 1.29 is 14.3 Å². The zero-order valence-corrected chi connectivity index (χ0v) is 13.5. The summed E-state index contributed by atoms with van der Waals surface area (Å²) in [5.41, 5.74) is 1.63. The molecule has 5 heteroatoms. The molecule has 1 aromatic rings. The van der Waals surface area contributed by atoms with Crippen LogP contribution in [0.4, 0.5) is 10.5 Å². The Morgan fingerprint density at radius 3 is 2.67 bits per heavy atom. The summed E-state index contributed by atoms with van der Waals surface area (Å²) >= 11 is 0. The standard InChI is InChI=1S/C16H26N2O3/c1-12(10-17-15(19)21-16(2,3)4)18-14-8-6-7-13(9-14)11-20-5/h6-9,12,18H,10-11H2,1-5H3,(H,17,19). The van der Waals surface area contributed by atoms with Crippen molar-refractivity contribution in [2.75, 3.05) is 19.0 Å². The average Bonchev–Trinajstić information content (AvgIpc) is 2.35. The maximum absolute atomic E-state index is 11.6. The molecule has 0 aliphatic rings. The fourth-order valence-electron chi connectivity index (χ4n) is 1.80. The number of ether oxygens (including phenoxy) is 2. The summed E-state index contributed by atoms with van der Waals surface area (Å²) in [6.07, 6.45) is -0.399. The van der Waals surface area contributed by atoms with Crippen molar-refractivity contribution in [3.05, 3.63) is 29.8 Å². The van der Waals surface area contributed by atoms with Crippen molar-refractivity contribution in [3.8, 4) is 0 Å². The quantitative estimate of drug-likeness (QED) is 0.846. The third-order valence-corrected chi connectivity index (χ3v) is 2.60. The van der Waals surface area contributed by atoms with Gasteiger partial charge < -0.3 is 20.1 Å². The molecule has 0 aromatic heterocycles. The van der Waals surface area contributed by atoms with Crippen LogP contribution in [0.25, 0.3) is 0 Å². The molecule has 5 nitrogen and oxygen atoms in total. The van der Waals surface area contributed by atoms with Crippen LogP contribution in [0.5, 0.6) is 0 Å². The molecule has 1 atom stereocenters. The van der Waals surface area contributed by atoms with Crippen molar-refractivity contribution in [3.63, 3.8) is 0 Å². The molecule has 21 heavy (non-hydrogen) atoms. The Morgan fingerprint density at radius 2 is 2.05 bits per heavy atom. The number of carbonyl (C=O) groups is 1. The monoisotopic (exact) mass is 294 g/mol. The Balaban J connectivity index is 2.41. The Labute approximate surface area is 127 Å². The Hall–Kier alpha value is -1.75. The van der Waals surface area contributed by atoms with E-state index >= 15 is 0 Å². The van der Waals surface area contributed by atoms with Crippen LogP contribution in [0.3, 0.4) is 0 Å². The number of carbonyl (C=O) groups excluding carboxylic acids is 1. The van der Waals surface area contributed by atoms with Gasteiger partial charge in [0.05, 0.1) is 6.61 Å². The molecule has 0 heterocycles. The number of hydrogen-bond donors (Lipinski definition) is 2. The molecule has 2 N–H and O–H groups in total. The molecular weight excluding hydrogens is 268 g/mol. The van der Waals surface area contributed by atoms with E-state index in [0.29, 0.717) is 13.2 Å². The van der Waals surface area contributed by atoms with Crippen LogP contribution < -0.4 is 10.6 Å². The van der Waals surface area contributed by atoms with Gasteiger partial charge in [0.15, 0.2) is 0 Å². The fraction of sp³-hybridized carbons (Fsp3) is 0.562. The van der Waals surface area contributed by atoms with E-state index in [1.54, 1.807) is 7.11 Å². The lowest BCUT2D eigenvalue weighted by Crippen LogP contribution is -2.38. The summed E-state index contributed by atoms with van der Waals surface area (Å²) in [5.74, 6) is 0. The van der Waals surface area contributed by atoms with Gasteiger partial charge in [0.2, 0.25) is 0 Å². The van der Waals surface area contributed by atoms with E-state index in [0.717, 1.165) is 11.3 Å². The summed E-state index contributed by atoms with van der Waals surface area (Å²) < 4.78 is 10.3. The molecule has 0 radical (unpaired) electrons. The first-order valence-electron chi connectivity index (χ1n) is 7.11. The van der Waals surface area contributed by atoms with Crippen LogP contribution in [0.15, 0.2) is 24.3 Å². The first kappa shape index (κ1) is 17.3. The van der Waals surface area contributed by atoms with Gasteiger partial charge in [-0.05, 0) is 45.4 Å². The summed E-state index contributed by atoms with van der Waals surface area (Å²) in [7, 11) is 1.67. The number of methoxy groups -OCH3 is 1. The number of anilines is 1. The topological polar surface area (TPSA) is 59.6 Å². The van der Waals surface area contributed by atoms with E-state index in [-0.39, 0.29) is 6.04 Å². The van der Waals surface area contributed by atoms with Crippen molar-refractivity contribution in [1.29, 1.82) is 0 Å². The minimum absolute atomic E-state index is 0.0929. The van der Waals surface area contributed by atoms with E-state index < -0.39 is 11.7 Å². The first-order chi connectivity index (χ1) is 9.80. The van der Waals surface area contributed by atoms with Gasteiger partial charge in [-0.2, -0.15) is 0 Å². The number of benzene rings is 1. The molecule has 1 rings (SSSR count). The van der Waals surface area contributed by atoms with Crippen molar-refractivity contribution in [2.24, 2.45) is 0 Å². The highest BCUT2D eigenvalue weighted by molar-refractivity contribution is 5.67. The van der Waals surface area contributed by atoms with Crippen LogP contribution in [0, 0.1) is 0 Å². The normalized spacial score (nSPS) is 12.6. The summed E-state index contributed by atoms with van der Waals surface area (Å²) in [4.78, 5) is 11.6. The van der Waals surface area contributed by atoms with E-state index in [4.69, 9.17) is 9.47 Å². The predicted molar refractivity (Wildman–Crippen MR) is 84.5 cm³/mol. The molecule has 0 aliphatic heterocycles. The van der Waals surface area contributed by atoms with E-state index in [9.17, 15) is 4.79 Å². The molecule has 0 aliphatic carbocycles. The van der Waals surface area contributed by atoms with Gasteiger partial charge in [-0.25, -0.2) is 4.79 Å². The molecule has 0 saturated heterocycles. The van der Waals surface area contributed by atoms with E-state index in [2.05, 4.69) is 10.6 Å². The van der Waals surface area contributed by atoms with Crippen LogP contribution in [-0.4, -0.2) is 31.4 Å². The van der Waals surface area contributed by atoms with Gasteiger partial charge in [-0.3, -0.25) is 0 Å². The second kappa shape index (κ2) is 7.88. The van der Waals surface area contributed by atoms with Gasteiger partial charge in [-0.15, -0.1) is 0 Å². The summed E-state index contributed by atoms with van der Waals surface area (Å²) in [6, 6.07) is 8.11. The predicted octanol–water partition coefficient (Wildman–Crippen LogP) is 3.16. The number of alkyl carbamates (subject to hydrolysis) is 1.